The minimum absolute atomic E-state index is 0.137. The van der Waals surface area contributed by atoms with Gasteiger partial charge < -0.3 is 5.32 Å². The first-order chi connectivity index (χ1) is 10.7. The van der Waals surface area contributed by atoms with Crippen molar-refractivity contribution in [1.82, 2.24) is 10.2 Å². The lowest BCUT2D eigenvalue weighted by Crippen LogP contribution is -2.46. The van der Waals surface area contributed by atoms with Gasteiger partial charge in [0.25, 0.3) is 5.69 Å². The van der Waals surface area contributed by atoms with E-state index in [0.717, 1.165) is 31.7 Å². The van der Waals surface area contributed by atoms with E-state index in [1.54, 1.807) is 12.1 Å². The Morgan fingerprint density at radius 1 is 1.27 bits per heavy atom. The number of nitro groups is 1. The van der Waals surface area contributed by atoms with E-state index < -0.39 is 0 Å². The Labute approximate surface area is 135 Å². The minimum atomic E-state index is -0.330. The Hall–Kier alpha value is -1.17. The number of piperazine rings is 1. The zero-order valence-corrected chi connectivity index (χ0v) is 13.4. The molecule has 120 valence electrons. The molecule has 1 saturated heterocycles. The first kappa shape index (κ1) is 15.7. The van der Waals surface area contributed by atoms with Crippen LogP contribution >= 0.6 is 11.6 Å². The van der Waals surface area contributed by atoms with Crippen molar-refractivity contribution in [2.45, 2.75) is 31.7 Å². The Kier molecular flexibility index (Phi) is 4.96. The van der Waals surface area contributed by atoms with Gasteiger partial charge in [-0.3, -0.25) is 15.0 Å². The molecule has 0 unspecified atom stereocenters. The third kappa shape index (κ3) is 3.26. The highest BCUT2D eigenvalue weighted by atomic mass is 35.5. The first-order valence-electron chi connectivity index (χ1n) is 8.05. The predicted molar refractivity (Wildman–Crippen MR) is 87.2 cm³/mol. The molecular weight excluding hydrogens is 302 g/mol. The molecule has 1 aliphatic carbocycles. The molecule has 1 N–H and O–H groups in total. The van der Waals surface area contributed by atoms with Crippen LogP contribution in [0.25, 0.3) is 0 Å². The van der Waals surface area contributed by atoms with E-state index in [1.807, 2.05) is 0 Å². The van der Waals surface area contributed by atoms with Gasteiger partial charge in [-0.1, -0.05) is 24.4 Å². The fraction of sp³-hybridized carbons (Fsp3) is 0.625. The summed E-state index contributed by atoms with van der Waals surface area (Å²) in [6.45, 7) is 3.88. The molecule has 1 saturated carbocycles. The molecule has 1 aromatic carbocycles. The average molecular weight is 324 g/mol. The van der Waals surface area contributed by atoms with E-state index in [4.69, 9.17) is 11.6 Å². The maximum atomic E-state index is 11.1. The van der Waals surface area contributed by atoms with Gasteiger partial charge in [0.2, 0.25) is 0 Å². The third-order valence-electron chi connectivity index (χ3n) is 4.90. The molecule has 22 heavy (non-hydrogen) atoms. The van der Waals surface area contributed by atoms with Gasteiger partial charge in [0, 0.05) is 49.4 Å². The van der Waals surface area contributed by atoms with E-state index >= 15 is 0 Å². The van der Waals surface area contributed by atoms with Gasteiger partial charge in [-0.05, 0) is 30.4 Å². The molecule has 1 aliphatic heterocycles. The summed E-state index contributed by atoms with van der Waals surface area (Å²) in [7, 11) is 0. The number of rotatable bonds is 4. The van der Waals surface area contributed by atoms with Crippen molar-refractivity contribution >= 4 is 17.3 Å². The lowest BCUT2D eigenvalue weighted by Gasteiger charge is -2.39. The second-order valence-corrected chi connectivity index (χ2v) is 6.65. The zero-order chi connectivity index (χ0) is 15.5. The number of hydrogen-bond acceptors (Lipinski definition) is 4. The van der Waals surface area contributed by atoms with E-state index in [9.17, 15) is 10.1 Å². The second-order valence-electron chi connectivity index (χ2n) is 6.24. The molecule has 1 atom stereocenters. The second kappa shape index (κ2) is 6.94. The van der Waals surface area contributed by atoms with Crippen LogP contribution in [0.3, 0.4) is 0 Å². The van der Waals surface area contributed by atoms with Crippen molar-refractivity contribution in [3.8, 4) is 0 Å². The number of hydrogen-bond donors (Lipinski definition) is 1. The van der Waals surface area contributed by atoms with Gasteiger partial charge in [0.15, 0.2) is 0 Å². The minimum Gasteiger partial charge on any atom is -0.314 e. The summed E-state index contributed by atoms with van der Waals surface area (Å²) >= 11 is 6.43. The number of halogens is 1. The van der Waals surface area contributed by atoms with Crippen LogP contribution in [0.1, 0.15) is 37.3 Å². The van der Waals surface area contributed by atoms with Gasteiger partial charge in [-0.15, -0.1) is 0 Å². The fourth-order valence-corrected chi connectivity index (χ4v) is 4.08. The number of nitro benzene ring substituents is 1. The van der Waals surface area contributed by atoms with Crippen molar-refractivity contribution < 1.29 is 4.92 Å². The number of nitrogens with one attached hydrogen (secondary N) is 1. The molecule has 0 aromatic heterocycles. The summed E-state index contributed by atoms with van der Waals surface area (Å²) in [6, 6.07) is 5.07. The van der Waals surface area contributed by atoms with Crippen molar-refractivity contribution in [3.63, 3.8) is 0 Å². The van der Waals surface area contributed by atoms with Crippen LogP contribution in [0.15, 0.2) is 18.2 Å². The standard InChI is InChI=1S/C16H22ClN3O2/c17-15-6-5-13(20(21)22)11-14(15)16(12-3-1-2-4-12)19-9-7-18-8-10-19/h5-6,11-12,16,18H,1-4,7-10H2/t16-/m1/s1. The van der Waals surface area contributed by atoms with E-state index in [-0.39, 0.29) is 16.7 Å². The summed E-state index contributed by atoms with van der Waals surface area (Å²) in [6.07, 6.45) is 4.88. The monoisotopic (exact) mass is 323 g/mol. The highest BCUT2D eigenvalue weighted by Crippen LogP contribution is 2.42. The summed E-state index contributed by atoms with van der Waals surface area (Å²) in [4.78, 5) is 13.2. The van der Waals surface area contributed by atoms with Gasteiger partial charge in [0.1, 0.15) is 0 Å². The van der Waals surface area contributed by atoms with Crippen LogP contribution < -0.4 is 5.32 Å². The number of nitrogens with zero attached hydrogens (tertiary/aromatic N) is 2. The van der Waals surface area contributed by atoms with Crippen LogP contribution in [0, 0.1) is 16.0 Å². The van der Waals surface area contributed by atoms with E-state index in [1.165, 1.54) is 31.7 Å². The van der Waals surface area contributed by atoms with Crippen molar-refractivity contribution in [1.29, 1.82) is 0 Å². The Balaban J connectivity index is 1.96. The lowest BCUT2D eigenvalue weighted by atomic mass is 9.89. The largest absolute Gasteiger partial charge is 0.314 e. The topological polar surface area (TPSA) is 58.4 Å². The van der Waals surface area contributed by atoms with E-state index in [0.29, 0.717) is 10.9 Å². The summed E-state index contributed by atoms with van der Waals surface area (Å²) < 4.78 is 0. The molecule has 0 radical (unpaired) electrons. The fourth-order valence-electron chi connectivity index (χ4n) is 3.85. The zero-order valence-electron chi connectivity index (χ0n) is 12.6. The molecule has 5 nitrogen and oxygen atoms in total. The molecule has 2 fully saturated rings. The van der Waals surface area contributed by atoms with Crippen LogP contribution in [-0.4, -0.2) is 36.0 Å². The van der Waals surface area contributed by atoms with Crippen LogP contribution in [-0.2, 0) is 0 Å². The van der Waals surface area contributed by atoms with Gasteiger partial charge >= 0.3 is 0 Å². The highest BCUT2D eigenvalue weighted by Gasteiger charge is 2.33. The van der Waals surface area contributed by atoms with Crippen molar-refractivity contribution in [2.24, 2.45) is 5.92 Å². The van der Waals surface area contributed by atoms with Gasteiger partial charge in [-0.25, -0.2) is 0 Å². The van der Waals surface area contributed by atoms with Gasteiger partial charge in [0.05, 0.1) is 4.92 Å². The molecule has 0 bridgehead atoms. The molecule has 1 heterocycles. The quantitative estimate of drug-likeness (QED) is 0.681. The number of benzene rings is 1. The maximum absolute atomic E-state index is 11.1. The molecular formula is C16H22ClN3O2. The Bertz CT molecular complexity index is 540. The summed E-state index contributed by atoms with van der Waals surface area (Å²) in [5.41, 5.74) is 1.07. The van der Waals surface area contributed by atoms with Crippen molar-refractivity contribution in [3.05, 3.63) is 38.9 Å². The van der Waals surface area contributed by atoms with E-state index in [2.05, 4.69) is 10.2 Å². The first-order valence-corrected chi connectivity index (χ1v) is 8.43. The van der Waals surface area contributed by atoms with Gasteiger partial charge in [-0.2, -0.15) is 0 Å². The molecule has 2 aliphatic rings. The average Bonchev–Trinajstić information content (AvgIpc) is 3.04. The van der Waals surface area contributed by atoms with Crippen LogP contribution in [0.5, 0.6) is 0 Å². The Morgan fingerprint density at radius 3 is 2.59 bits per heavy atom. The molecule has 3 rings (SSSR count). The number of non-ortho nitro benzene ring substituents is 1. The maximum Gasteiger partial charge on any atom is 0.269 e. The SMILES string of the molecule is O=[N+]([O-])c1ccc(Cl)c([C@@H](C2CCCC2)N2CCNCC2)c1. The third-order valence-corrected chi connectivity index (χ3v) is 5.24. The van der Waals surface area contributed by atoms with Crippen LogP contribution in [0.2, 0.25) is 5.02 Å². The van der Waals surface area contributed by atoms with Crippen molar-refractivity contribution in [2.75, 3.05) is 26.2 Å². The molecule has 0 spiro atoms. The molecule has 6 heteroatoms. The smallest absolute Gasteiger partial charge is 0.269 e. The molecule has 1 aromatic rings. The summed E-state index contributed by atoms with van der Waals surface area (Å²) in [5.74, 6) is 0.553. The normalized spacial score (nSPS) is 21.9. The summed E-state index contributed by atoms with van der Waals surface area (Å²) in [5, 5.41) is 15.2. The lowest BCUT2D eigenvalue weighted by molar-refractivity contribution is -0.385. The Morgan fingerprint density at radius 2 is 1.95 bits per heavy atom. The highest BCUT2D eigenvalue weighted by molar-refractivity contribution is 6.31. The predicted octanol–water partition coefficient (Wildman–Crippen LogP) is 3.38. The van der Waals surface area contributed by atoms with Crippen LogP contribution in [0.4, 0.5) is 5.69 Å². The molecule has 0 amide bonds.